The second-order valence-electron chi connectivity index (χ2n) is 6.35. The van der Waals surface area contributed by atoms with E-state index in [0.717, 1.165) is 18.1 Å². The minimum absolute atomic E-state index is 0.417. The minimum Gasteiger partial charge on any atom is -0.354 e. The molecule has 3 aromatic rings. The van der Waals surface area contributed by atoms with Crippen LogP contribution < -0.4 is 10.2 Å². The molecule has 25 heavy (non-hydrogen) atoms. The van der Waals surface area contributed by atoms with Gasteiger partial charge in [0.2, 0.25) is 5.95 Å². The number of aromatic nitrogens is 3. The summed E-state index contributed by atoms with van der Waals surface area (Å²) in [5.74, 6) is 1.70. The van der Waals surface area contributed by atoms with Crippen molar-refractivity contribution in [2.24, 2.45) is 0 Å². The van der Waals surface area contributed by atoms with E-state index in [1.165, 1.54) is 11.1 Å². The molecule has 128 valence electrons. The molecule has 2 aromatic carbocycles. The van der Waals surface area contributed by atoms with Gasteiger partial charge in [-0.15, -0.1) is 5.10 Å². The van der Waals surface area contributed by atoms with Crippen molar-refractivity contribution in [3.63, 3.8) is 0 Å². The molecule has 3 rings (SSSR count). The fourth-order valence-electron chi connectivity index (χ4n) is 2.70. The molecule has 1 N–H and O–H groups in total. The third-order valence-electron chi connectivity index (χ3n) is 4.03. The molecule has 0 unspecified atom stereocenters. The number of nitrogens with one attached hydrogen (secondary N) is 1. The van der Waals surface area contributed by atoms with Gasteiger partial charge in [-0.25, -0.2) is 0 Å². The largest absolute Gasteiger partial charge is 0.354 e. The molecule has 1 heterocycles. The topological polar surface area (TPSA) is 53.9 Å². The standard InChI is InChI=1S/C20H23N5/c1-15(2)17-11-7-8-12-18(17)22-20-23-19(13-21-24-20)25(3)14-16-9-5-4-6-10-16/h4-13,15H,14H2,1-3H3,(H,22,23,24). The summed E-state index contributed by atoms with van der Waals surface area (Å²) in [7, 11) is 2.00. The molecule has 0 aliphatic rings. The van der Waals surface area contributed by atoms with Crippen molar-refractivity contribution in [1.82, 2.24) is 15.2 Å². The summed E-state index contributed by atoms with van der Waals surface area (Å²) in [5.41, 5.74) is 3.47. The summed E-state index contributed by atoms with van der Waals surface area (Å²) in [6.07, 6.45) is 1.68. The van der Waals surface area contributed by atoms with Crippen LogP contribution >= 0.6 is 0 Å². The lowest BCUT2D eigenvalue weighted by atomic mass is 10.0. The van der Waals surface area contributed by atoms with Crippen LogP contribution in [0.1, 0.15) is 30.9 Å². The molecule has 5 heteroatoms. The molecule has 0 saturated heterocycles. The molecule has 0 amide bonds. The molecule has 0 aliphatic carbocycles. The van der Waals surface area contributed by atoms with Gasteiger partial charge in [-0.2, -0.15) is 10.1 Å². The summed E-state index contributed by atoms with van der Waals surface area (Å²) >= 11 is 0. The number of nitrogens with zero attached hydrogens (tertiary/aromatic N) is 4. The van der Waals surface area contributed by atoms with Crippen molar-refractivity contribution in [2.45, 2.75) is 26.3 Å². The Hall–Kier alpha value is -2.95. The van der Waals surface area contributed by atoms with Crippen LogP contribution in [0.2, 0.25) is 0 Å². The van der Waals surface area contributed by atoms with Crippen LogP contribution in [0.15, 0.2) is 60.8 Å². The first-order valence-corrected chi connectivity index (χ1v) is 8.44. The van der Waals surface area contributed by atoms with E-state index in [1.807, 2.05) is 43.4 Å². The third kappa shape index (κ3) is 4.32. The van der Waals surface area contributed by atoms with Gasteiger partial charge in [0.15, 0.2) is 5.82 Å². The van der Waals surface area contributed by atoms with Gasteiger partial charge in [-0.1, -0.05) is 62.4 Å². The van der Waals surface area contributed by atoms with Crippen molar-refractivity contribution in [3.05, 3.63) is 71.9 Å². The maximum atomic E-state index is 4.61. The number of hydrogen-bond acceptors (Lipinski definition) is 5. The first-order chi connectivity index (χ1) is 12.1. The molecule has 0 aliphatic heterocycles. The summed E-state index contributed by atoms with van der Waals surface area (Å²) in [4.78, 5) is 6.66. The van der Waals surface area contributed by atoms with Crippen LogP contribution in [0.3, 0.4) is 0 Å². The van der Waals surface area contributed by atoms with Crippen LogP contribution in [-0.4, -0.2) is 22.2 Å². The van der Waals surface area contributed by atoms with Crippen LogP contribution in [0.5, 0.6) is 0 Å². The summed E-state index contributed by atoms with van der Waals surface area (Å²) in [5, 5.41) is 11.5. The highest BCUT2D eigenvalue weighted by Crippen LogP contribution is 2.26. The molecule has 0 radical (unpaired) electrons. The van der Waals surface area contributed by atoms with Crippen LogP contribution in [0, 0.1) is 0 Å². The molecule has 0 fully saturated rings. The Labute approximate surface area is 148 Å². The Bertz CT molecular complexity index is 817. The van der Waals surface area contributed by atoms with Crippen molar-refractivity contribution < 1.29 is 0 Å². The lowest BCUT2D eigenvalue weighted by Crippen LogP contribution is -2.18. The molecule has 0 bridgehead atoms. The Morgan fingerprint density at radius 1 is 1.00 bits per heavy atom. The maximum Gasteiger partial charge on any atom is 0.249 e. The van der Waals surface area contributed by atoms with E-state index in [9.17, 15) is 0 Å². The molecular weight excluding hydrogens is 310 g/mol. The predicted molar refractivity (Wildman–Crippen MR) is 102 cm³/mol. The van der Waals surface area contributed by atoms with Gasteiger partial charge >= 0.3 is 0 Å². The Morgan fingerprint density at radius 2 is 1.72 bits per heavy atom. The normalized spacial score (nSPS) is 10.7. The fourth-order valence-corrected chi connectivity index (χ4v) is 2.70. The van der Waals surface area contributed by atoms with Gasteiger partial charge in [0.1, 0.15) is 0 Å². The molecule has 0 spiro atoms. The van der Waals surface area contributed by atoms with Crippen molar-refractivity contribution in [1.29, 1.82) is 0 Å². The van der Waals surface area contributed by atoms with E-state index in [-0.39, 0.29) is 0 Å². The Morgan fingerprint density at radius 3 is 2.48 bits per heavy atom. The zero-order valence-electron chi connectivity index (χ0n) is 14.8. The zero-order chi connectivity index (χ0) is 17.6. The molecular formula is C20H23N5. The van der Waals surface area contributed by atoms with Crippen molar-refractivity contribution in [2.75, 3.05) is 17.3 Å². The highest BCUT2D eigenvalue weighted by molar-refractivity contribution is 5.60. The second-order valence-corrected chi connectivity index (χ2v) is 6.35. The lowest BCUT2D eigenvalue weighted by molar-refractivity contribution is 0.858. The quantitative estimate of drug-likeness (QED) is 0.726. The average Bonchev–Trinajstić information content (AvgIpc) is 2.63. The van der Waals surface area contributed by atoms with E-state index in [0.29, 0.717) is 11.9 Å². The molecule has 0 saturated carbocycles. The molecule has 0 atom stereocenters. The molecule has 1 aromatic heterocycles. The van der Waals surface area contributed by atoms with Gasteiger partial charge in [-0.3, -0.25) is 0 Å². The first-order valence-electron chi connectivity index (χ1n) is 8.44. The Kier molecular flexibility index (Phi) is 5.23. The van der Waals surface area contributed by atoms with Crippen LogP contribution in [-0.2, 0) is 6.54 Å². The number of anilines is 3. The zero-order valence-corrected chi connectivity index (χ0v) is 14.8. The maximum absolute atomic E-state index is 4.61. The smallest absolute Gasteiger partial charge is 0.249 e. The lowest BCUT2D eigenvalue weighted by Gasteiger charge is -2.18. The highest BCUT2D eigenvalue weighted by Gasteiger charge is 2.10. The van der Waals surface area contributed by atoms with Crippen LogP contribution in [0.4, 0.5) is 17.5 Å². The predicted octanol–water partition coefficient (Wildman–Crippen LogP) is 4.38. The summed E-state index contributed by atoms with van der Waals surface area (Å²) in [6, 6.07) is 18.5. The van der Waals surface area contributed by atoms with E-state index < -0.39 is 0 Å². The van der Waals surface area contributed by atoms with Crippen molar-refractivity contribution >= 4 is 17.5 Å². The first kappa shape index (κ1) is 16.9. The summed E-state index contributed by atoms with van der Waals surface area (Å²) < 4.78 is 0. The van der Waals surface area contributed by atoms with Gasteiger partial charge in [0.25, 0.3) is 0 Å². The van der Waals surface area contributed by atoms with E-state index >= 15 is 0 Å². The van der Waals surface area contributed by atoms with E-state index in [4.69, 9.17) is 0 Å². The third-order valence-corrected chi connectivity index (χ3v) is 4.03. The fraction of sp³-hybridized carbons (Fsp3) is 0.250. The molecule has 5 nitrogen and oxygen atoms in total. The van der Waals surface area contributed by atoms with E-state index in [1.54, 1.807) is 6.20 Å². The van der Waals surface area contributed by atoms with Gasteiger partial charge < -0.3 is 10.2 Å². The highest BCUT2D eigenvalue weighted by atomic mass is 15.3. The average molecular weight is 333 g/mol. The monoisotopic (exact) mass is 333 g/mol. The number of benzene rings is 2. The Balaban J connectivity index is 1.78. The van der Waals surface area contributed by atoms with Gasteiger partial charge in [-0.05, 0) is 23.1 Å². The number of hydrogen-bond donors (Lipinski definition) is 1. The SMILES string of the molecule is CC(C)c1ccccc1Nc1nncc(N(C)Cc2ccccc2)n1. The minimum atomic E-state index is 0.417. The number of para-hydroxylation sites is 1. The van der Waals surface area contributed by atoms with Gasteiger partial charge in [0, 0.05) is 19.3 Å². The summed E-state index contributed by atoms with van der Waals surface area (Å²) in [6.45, 7) is 5.11. The van der Waals surface area contributed by atoms with Crippen molar-refractivity contribution in [3.8, 4) is 0 Å². The number of rotatable bonds is 6. The van der Waals surface area contributed by atoms with Crippen LogP contribution in [0.25, 0.3) is 0 Å². The van der Waals surface area contributed by atoms with Gasteiger partial charge in [0.05, 0.1) is 6.20 Å². The second kappa shape index (κ2) is 7.75. The van der Waals surface area contributed by atoms with E-state index in [2.05, 4.69) is 57.4 Å².